The van der Waals surface area contributed by atoms with Crippen LogP contribution in [0.3, 0.4) is 0 Å². The summed E-state index contributed by atoms with van der Waals surface area (Å²) in [4.78, 5) is 23.7. The van der Waals surface area contributed by atoms with Crippen molar-refractivity contribution in [2.75, 3.05) is 30.4 Å². The number of nitrogens with zero attached hydrogens (tertiary/aromatic N) is 2. The molecule has 1 aliphatic rings. The van der Waals surface area contributed by atoms with Gasteiger partial charge in [-0.05, 0) is 25.0 Å². The van der Waals surface area contributed by atoms with Crippen molar-refractivity contribution in [2.24, 2.45) is 0 Å². The van der Waals surface area contributed by atoms with Crippen LogP contribution >= 0.6 is 0 Å². The van der Waals surface area contributed by atoms with E-state index in [0.717, 1.165) is 5.69 Å². The summed E-state index contributed by atoms with van der Waals surface area (Å²) < 4.78 is 22.9. The molecule has 1 fully saturated rings. The van der Waals surface area contributed by atoms with Crippen LogP contribution in [0.1, 0.15) is 19.3 Å². The predicted molar refractivity (Wildman–Crippen MR) is 90.6 cm³/mol. The Hall–Kier alpha value is -2.16. The van der Waals surface area contributed by atoms with E-state index in [1.165, 1.54) is 17.0 Å². The van der Waals surface area contributed by atoms with Crippen LogP contribution in [0.2, 0.25) is 0 Å². The number of carbonyl (C=O) groups is 1. The first-order chi connectivity index (χ1) is 11.3. The van der Waals surface area contributed by atoms with Crippen LogP contribution in [0.15, 0.2) is 24.3 Å². The first-order valence-electron chi connectivity index (χ1n) is 7.73. The van der Waals surface area contributed by atoms with Crippen molar-refractivity contribution in [3.63, 3.8) is 0 Å². The van der Waals surface area contributed by atoms with E-state index in [1.54, 1.807) is 19.2 Å². The molecular weight excluding hydrogens is 334 g/mol. The number of rotatable bonds is 7. The Morgan fingerprint density at radius 2 is 2.04 bits per heavy atom. The van der Waals surface area contributed by atoms with Gasteiger partial charge in [0.25, 0.3) is 5.69 Å². The Kier molecular flexibility index (Phi) is 5.76. The summed E-state index contributed by atoms with van der Waals surface area (Å²) in [6, 6.07) is 5.86. The number of nitro benzene ring substituents is 1. The molecule has 0 bridgehead atoms. The maximum absolute atomic E-state index is 12.1. The quantitative estimate of drug-likeness (QED) is 0.450. The highest BCUT2D eigenvalue weighted by Crippen LogP contribution is 2.18. The molecule has 0 aromatic heterocycles. The fourth-order valence-electron chi connectivity index (χ4n) is 2.63. The Morgan fingerprint density at radius 1 is 1.38 bits per heavy atom. The van der Waals surface area contributed by atoms with Crippen molar-refractivity contribution in [2.45, 2.75) is 25.3 Å². The summed E-state index contributed by atoms with van der Waals surface area (Å²) in [5.41, 5.74) is 0.784. The molecule has 24 heavy (non-hydrogen) atoms. The van der Waals surface area contributed by atoms with Crippen LogP contribution in [-0.2, 0) is 14.6 Å². The number of nitro groups is 1. The Bertz CT molecular complexity index is 702. The van der Waals surface area contributed by atoms with E-state index in [1.807, 2.05) is 0 Å². The molecule has 1 unspecified atom stereocenters. The molecule has 1 amide bonds. The Labute approximate surface area is 140 Å². The Balaban J connectivity index is 1.71. The largest absolute Gasteiger partial charge is 0.385 e. The van der Waals surface area contributed by atoms with Crippen LogP contribution in [0, 0.1) is 10.1 Å². The molecular formula is C15H21N3O5S. The van der Waals surface area contributed by atoms with Gasteiger partial charge in [0.1, 0.15) is 0 Å². The van der Waals surface area contributed by atoms with Gasteiger partial charge in [0.2, 0.25) is 5.91 Å². The van der Waals surface area contributed by atoms with Gasteiger partial charge in [0.15, 0.2) is 9.84 Å². The number of hydrogen-bond acceptors (Lipinski definition) is 6. The highest BCUT2D eigenvalue weighted by molar-refractivity contribution is 7.91. The van der Waals surface area contributed by atoms with E-state index < -0.39 is 14.8 Å². The number of amides is 1. The average molecular weight is 355 g/mol. The van der Waals surface area contributed by atoms with Crippen molar-refractivity contribution in [1.82, 2.24) is 4.90 Å². The zero-order valence-corrected chi connectivity index (χ0v) is 14.3. The van der Waals surface area contributed by atoms with E-state index >= 15 is 0 Å². The van der Waals surface area contributed by atoms with Crippen molar-refractivity contribution < 1.29 is 18.1 Å². The van der Waals surface area contributed by atoms with Crippen LogP contribution in [0.5, 0.6) is 0 Å². The second-order valence-electron chi connectivity index (χ2n) is 5.90. The zero-order valence-electron chi connectivity index (χ0n) is 13.5. The zero-order chi connectivity index (χ0) is 17.7. The lowest BCUT2D eigenvalue weighted by molar-refractivity contribution is -0.384. The lowest BCUT2D eigenvalue weighted by Gasteiger charge is -2.23. The van der Waals surface area contributed by atoms with Gasteiger partial charge >= 0.3 is 0 Å². The summed E-state index contributed by atoms with van der Waals surface area (Å²) in [5, 5.41) is 13.7. The van der Waals surface area contributed by atoms with Crippen molar-refractivity contribution >= 4 is 27.1 Å². The Morgan fingerprint density at radius 3 is 2.58 bits per heavy atom. The maximum Gasteiger partial charge on any atom is 0.269 e. The maximum atomic E-state index is 12.1. The molecule has 1 aromatic carbocycles. The molecule has 8 nitrogen and oxygen atoms in total. The molecule has 1 aromatic rings. The van der Waals surface area contributed by atoms with Crippen LogP contribution in [-0.4, -0.2) is 55.3 Å². The molecule has 0 radical (unpaired) electrons. The molecule has 0 aliphatic carbocycles. The molecule has 2 rings (SSSR count). The predicted octanol–water partition coefficient (Wildman–Crippen LogP) is 1.43. The lowest BCUT2D eigenvalue weighted by atomic mass is 10.2. The van der Waals surface area contributed by atoms with Crippen LogP contribution < -0.4 is 5.32 Å². The molecule has 1 N–H and O–H groups in total. The van der Waals surface area contributed by atoms with Gasteiger partial charge in [-0.25, -0.2) is 8.42 Å². The first kappa shape index (κ1) is 18.2. The van der Waals surface area contributed by atoms with E-state index in [-0.39, 0.29) is 29.1 Å². The minimum Gasteiger partial charge on any atom is -0.385 e. The van der Waals surface area contributed by atoms with E-state index in [4.69, 9.17) is 0 Å². The minimum absolute atomic E-state index is 0.0314. The first-order valence-corrected chi connectivity index (χ1v) is 9.55. The summed E-state index contributed by atoms with van der Waals surface area (Å²) in [5.74, 6) is 0.135. The average Bonchev–Trinajstić information content (AvgIpc) is 2.91. The summed E-state index contributed by atoms with van der Waals surface area (Å²) in [6.45, 7) is 0.556. The van der Waals surface area contributed by atoms with E-state index in [9.17, 15) is 23.3 Å². The number of benzene rings is 1. The van der Waals surface area contributed by atoms with Crippen molar-refractivity contribution in [3.05, 3.63) is 34.4 Å². The number of carbonyl (C=O) groups excluding carboxylic acids is 1. The van der Waals surface area contributed by atoms with E-state index in [2.05, 4.69) is 5.32 Å². The van der Waals surface area contributed by atoms with Gasteiger partial charge in [-0.1, -0.05) is 0 Å². The third-order valence-corrected chi connectivity index (χ3v) is 5.87. The molecule has 1 aliphatic heterocycles. The molecule has 1 atom stereocenters. The number of anilines is 1. The highest BCUT2D eigenvalue weighted by Gasteiger charge is 2.32. The lowest BCUT2D eigenvalue weighted by Crippen LogP contribution is -2.37. The normalized spacial score (nSPS) is 19.0. The molecule has 0 saturated carbocycles. The molecule has 1 saturated heterocycles. The second kappa shape index (κ2) is 7.61. The summed E-state index contributed by atoms with van der Waals surface area (Å²) >= 11 is 0. The monoisotopic (exact) mass is 355 g/mol. The van der Waals surface area contributed by atoms with Crippen molar-refractivity contribution in [1.29, 1.82) is 0 Å². The summed E-state index contributed by atoms with van der Waals surface area (Å²) in [6.07, 6.45) is 1.43. The number of sulfone groups is 1. The molecule has 9 heteroatoms. The molecule has 0 spiro atoms. The topological polar surface area (TPSA) is 110 Å². The minimum atomic E-state index is -3.00. The van der Waals surface area contributed by atoms with Crippen molar-refractivity contribution in [3.8, 4) is 0 Å². The van der Waals surface area contributed by atoms with Gasteiger partial charge in [0, 0.05) is 43.9 Å². The SMILES string of the molecule is CN(C(=O)CCCNc1ccc([N+](=O)[O-])cc1)C1CCS(=O)(=O)C1. The number of hydrogen-bond donors (Lipinski definition) is 1. The van der Waals surface area contributed by atoms with Gasteiger partial charge < -0.3 is 10.2 Å². The van der Waals surface area contributed by atoms with Gasteiger partial charge in [-0.3, -0.25) is 14.9 Å². The molecule has 132 valence electrons. The number of nitrogens with one attached hydrogen (secondary N) is 1. The standard InChI is InChI=1S/C15H21N3O5S/c1-17(14-8-10-24(22,23)11-14)15(19)3-2-9-16-12-4-6-13(7-5-12)18(20)21/h4-7,14,16H,2-3,8-11H2,1H3. The fraction of sp³-hybridized carbons (Fsp3) is 0.533. The fourth-order valence-corrected chi connectivity index (χ4v) is 4.41. The van der Waals surface area contributed by atoms with Gasteiger partial charge in [-0.2, -0.15) is 0 Å². The van der Waals surface area contributed by atoms with Crippen LogP contribution in [0.25, 0.3) is 0 Å². The molecule has 1 heterocycles. The van der Waals surface area contributed by atoms with Gasteiger partial charge in [0.05, 0.1) is 16.4 Å². The third-order valence-electron chi connectivity index (χ3n) is 4.12. The van der Waals surface area contributed by atoms with Crippen LogP contribution in [0.4, 0.5) is 11.4 Å². The second-order valence-corrected chi connectivity index (χ2v) is 8.12. The highest BCUT2D eigenvalue weighted by atomic mass is 32.2. The van der Waals surface area contributed by atoms with Gasteiger partial charge in [-0.15, -0.1) is 0 Å². The smallest absolute Gasteiger partial charge is 0.269 e. The third kappa shape index (κ3) is 4.92. The summed E-state index contributed by atoms with van der Waals surface area (Å²) in [7, 11) is -1.35. The number of non-ortho nitro benzene ring substituents is 1. The van der Waals surface area contributed by atoms with E-state index in [0.29, 0.717) is 25.8 Å².